The quantitative estimate of drug-likeness (QED) is 0.286. The Labute approximate surface area is 208 Å². The van der Waals surface area contributed by atoms with E-state index in [0.717, 1.165) is 15.4 Å². The van der Waals surface area contributed by atoms with Gasteiger partial charge >= 0.3 is 0 Å². The van der Waals surface area contributed by atoms with Gasteiger partial charge in [-0.2, -0.15) is 0 Å². The second kappa shape index (κ2) is 10.3. The summed E-state index contributed by atoms with van der Waals surface area (Å²) in [6.45, 7) is 1.91. The highest BCUT2D eigenvalue weighted by Crippen LogP contribution is 2.33. The number of sulfonamides is 1. The van der Waals surface area contributed by atoms with Gasteiger partial charge in [0, 0.05) is 21.0 Å². The lowest BCUT2D eigenvalue weighted by molar-refractivity contribution is 0.102. The first-order chi connectivity index (χ1) is 16.3. The van der Waals surface area contributed by atoms with Crippen LogP contribution in [0.4, 0.5) is 11.4 Å². The number of amides is 1. The minimum atomic E-state index is -4.00. The molecule has 172 valence electrons. The Kier molecular flexibility index (Phi) is 7.26. The molecular weight excluding hydrogens is 488 g/mol. The van der Waals surface area contributed by atoms with Gasteiger partial charge in [-0.1, -0.05) is 71.4 Å². The molecule has 0 bridgehead atoms. The molecule has 0 aliphatic heterocycles. The number of benzene rings is 4. The standard InChI is InChI=1S/C26H21ClN2O3S2/c1-18-11-14-20(15-12-18)29-34(31,32)25-17-19(13-16-22(25)27)26(30)28-23-9-5-6-10-24(23)33-21-7-3-2-4-8-21/h2-17,29H,1H3,(H,28,30). The number of para-hydroxylation sites is 1. The molecule has 4 aromatic rings. The molecule has 0 unspecified atom stereocenters. The van der Waals surface area contributed by atoms with Gasteiger partial charge < -0.3 is 5.32 Å². The summed E-state index contributed by atoms with van der Waals surface area (Å²) in [5, 5.41) is 2.91. The SMILES string of the molecule is Cc1ccc(NS(=O)(=O)c2cc(C(=O)Nc3ccccc3Sc3ccccc3)ccc2Cl)cc1. The molecule has 4 rings (SSSR count). The zero-order chi connectivity index (χ0) is 24.1. The van der Waals surface area contributed by atoms with Gasteiger partial charge in [0.1, 0.15) is 4.90 Å². The van der Waals surface area contributed by atoms with Crippen LogP contribution < -0.4 is 10.0 Å². The summed E-state index contributed by atoms with van der Waals surface area (Å²) in [5.74, 6) is -0.440. The van der Waals surface area contributed by atoms with Crippen LogP contribution in [0.5, 0.6) is 0 Å². The molecule has 4 aromatic carbocycles. The third-order valence-corrected chi connectivity index (χ3v) is 7.84. The normalized spacial score (nSPS) is 11.1. The van der Waals surface area contributed by atoms with Crippen LogP contribution in [0.3, 0.4) is 0 Å². The Morgan fingerprint density at radius 3 is 2.26 bits per heavy atom. The van der Waals surface area contributed by atoms with Crippen molar-refractivity contribution in [2.24, 2.45) is 0 Å². The molecule has 8 heteroatoms. The smallest absolute Gasteiger partial charge is 0.263 e. The maximum atomic E-state index is 13.0. The van der Waals surface area contributed by atoms with E-state index in [-0.39, 0.29) is 15.5 Å². The molecule has 0 saturated heterocycles. The molecule has 0 spiro atoms. The van der Waals surface area contributed by atoms with Gasteiger partial charge in [-0.05, 0) is 61.5 Å². The van der Waals surface area contributed by atoms with E-state index >= 15 is 0 Å². The summed E-state index contributed by atoms with van der Waals surface area (Å²) in [5.41, 5.74) is 2.21. The number of nitrogens with one attached hydrogen (secondary N) is 2. The van der Waals surface area contributed by atoms with E-state index < -0.39 is 15.9 Å². The van der Waals surface area contributed by atoms with Crippen LogP contribution >= 0.6 is 23.4 Å². The summed E-state index contributed by atoms with van der Waals surface area (Å²) < 4.78 is 28.4. The van der Waals surface area contributed by atoms with Crippen LogP contribution in [0.15, 0.2) is 112 Å². The number of hydrogen-bond donors (Lipinski definition) is 2. The first kappa shape index (κ1) is 23.9. The van der Waals surface area contributed by atoms with E-state index in [1.54, 1.807) is 30.3 Å². The number of halogens is 1. The number of rotatable bonds is 7. The topological polar surface area (TPSA) is 75.3 Å². The average Bonchev–Trinajstić information content (AvgIpc) is 2.82. The van der Waals surface area contributed by atoms with E-state index in [1.165, 1.54) is 30.0 Å². The van der Waals surface area contributed by atoms with Gasteiger partial charge in [-0.25, -0.2) is 8.42 Å². The molecule has 0 heterocycles. The fourth-order valence-corrected chi connectivity index (χ4v) is 5.66. The summed E-state index contributed by atoms with van der Waals surface area (Å²) in [7, 11) is -4.00. The molecule has 0 aliphatic carbocycles. The number of hydrogen-bond acceptors (Lipinski definition) is 4. The van der Waals surface area contributed by atoms with E-state index in [1.807, 2.05) is 55.5 Å². The average molecular weight is 509 g/mol. The van der Waals surface area contributed by atoms with Crippen LogP contribution in [-0.4, -0.2) is 14.3 Å². The molecule has 0 radical (unpaired) electrons. The summed E-state index contributed by atoms with van der Waals surface area (Å²) >= 11 is 7.72. The highest BCUT2D eigenvalue weighted by molar-refractivity contribution is 7.99. The maximum absolute atomic E-state index is 13.0. The van der Waals surface area contributed by atoms with Crippen LogP contribution in [-0.2, 0) is 10.0 Å². The summed E-state index contributed by atoms with van der Waals surface area (Å²) in [6.07, 6.45) is 0. The zero-order valence-corrected chi connectivity index (χ0v) is 20.5. The van der Waals surface area contributed by atoms with E-state index in [2.05, 4.69) is 10.0 Å². The van der Waals surface area contributed by atoms with Gasteiger partial charge in [0.15, 0.2) is 0 Å². The molecule has 34 heavy (non-hydrogen) atoms. The molecule has 5 nitrogen and oxygen atoms in total. The Balaban J connectivity index is 1.57. The molecule has 0 atom stereocenters. The van der Waals surface area contributed by atoms with Crippen LogP contribution in [0, 0.1) is 6.92 Å². The lowest BCUT2D eigenvalue weighted by Crippen LogP contribution is -2.16. The fourth-order valence-electron chi connectivity index (χ4n) is 3.15. The highest BCUT2D eigenvalue weighted by atomic mass is 35.5. The summed E-state index contributed by atoms with van der Waals surface area (Å²) in [6, 6.07) is 28.4. The Morgan fingerprint density at radius 1 is 0.853 bits per heavy atom. The monoisotopic (exact) mass is 508 g/mol. The Hall–Kier alpha value is -3.26. The van der Waals surface area contributed by atoms with E-state index in [4.69, 9.17) is 11.6 Å². The van der Waals surface area contributed by atoms with Crippen molar-refractivity contribution < 1.29 is 13.2 Å². The van der Waals surface area contributed by atoms with Crippen LogP contribution in [0.25, 0.3) is 0 Å². The number of aryl methyl sites for hydroxylation is 1. The molecular formula is C26H21ClN2O3S2. The van der Waals surface area contributed by atoms with E-state index in [0.29, 0.717) is 11.4 Å². The lowest BCUT2D eigenvalue weighted by Gasteiger charge is -2.13. The Morgan fingerprint density at radius 2 is 1.53 bits per heavy atom. The van der Waals surface area contributed by atoms with Gasteiger partial charge in [0.25, 0.3) is 15.9 Å². The number of carbonyl (C=O) groups excluding carboxylic acids is 1. The number of anilines is 2. The minimum Gasteiger partial charge on any atom is -0.321 e. The third kappa shape index (κ3) is 5.80. The Bertz CT molecular complexity index is 1420. The first-order valence-corrected chi connectivity index (χ1v) is 13.0. The highest BCUT2D eigenvalue weighted by Gasteiger charge is 2.21. The third-order valence-electron chi connectivity index (χ3n) is 4.89. The second-order valence-corrected chi connectivity index (χ2v) is 10.7. The molecule has 0 fully saturated rings. The predicted octanol–water partition coefficient (Wildman–Crippen LogP) is 6.85. The van der Waals surface area contributed by atoms with Crippen molar-refractivity contribution in [2.75, 3.05) is 10.0 Å². The van der Waals surface area contributed by atoms with Gasteiger partial charge in [0.05, 0.1) is 10.7 Å². The summed E-state index contributed by atoms with van der Waals surface area (Å²) in [4.78, 5) is 14.8. The molecule has 2 N–H and O–H groups in total. The van der Waals surface area contributed by atoms with Crippen molar-refractivity contribution in [3.8, 4) is 0 Å². The molecule has 1 amide bonds. The first-order valence-electron chi connectivity index (χ1n) is 10.3. The van der Waals surface area contributed by atoms with Crippen molar-refractivity contribution >= 4 is 50.7 Å². The fraction of sp³-hybridized carbons (Fsp3) is 0.0385. The van der Waals surface area contributed by atoms with Gasteiger partial charge in [-0.15, -0.1) is 0 Å². The largest absolute Gasteiger partial charge is 0.321 e. The van der Waals surface area contributed by atoms with Crippen molar-refractivity contribution in [1.29, 1.82) is 0 Å². The predicted molar refractivity (Wildman–Crippen MR) is 138 cm³/mol. The lowest BCUT2D eigenvalue weighted by atomic mass is 10.2. The second-order valence-electron chi connectivity index (χ2n) is 7.48. The van der Waals surface area contributed by atoms with E-state index in [9.17, 15) is 13.2 Å². The van der Waals surface area contributed by atoms with Crippen molar-refractivity contribution in [1.82, 2.24) is 0 Å². The molecule has 0 aliphatic rings. The van der Waals surface area contributed by atoms with Crippen LogP contribution in [0.2, 0.25) is 5.02 Å². The van der Waals surface area contributed by atoms with Crippen LogP contribution in [0.1, 0.15) is 15.9 Å². The van der Waals surface area contributed by atoms with Crippen molar-refractivity contribution in [3.05, 3.63) is 113 Å². The van der Waals surface area contributed by atoms with Gasteiger partial charge in [-0.3, -0.25) is 9.52 Å². The maximum Gasteiger partial charge on any atom is 0.263 e. The van der Waals surface area contributed by atoms with Crippen molar-refractivity contribution in [2.45, 2.75) is 21.6 Å². The van der Waals surface area contributed by atoms with Crippen molar-refractivity contribution in [3.63, 3.8) is 0 Å². The van der Waals surface area contributed by atoms with Gasteiger partial charge in [0.2, 0.25) is 0 Å². The number of carbonyl (C=O) groups is 1. The minimum absolute atomic E-state index is 0.0243. The molecule has 0 saturated carbocycles. The molecule has 0 aromatic heterocycles. The zero-order valence-electron chi connectivity index (χ0n) is 18.2.